The maximum atomic E-state index is 12.8. The van der Waals surface area contributed by atoms with Crippen LogP contribution >= 0.6 is 0 Å². The van der Waals surface area contributed by atoms with Gasteiger partial charge >= 0.3 is 0 Å². The summed E-state index contributed by atoms with van der Waals surface area (Å²) >= 11 is 0. The molecule has 2 heterocycles. The van der Waals surface area contributed by atoms with Gasteiger partial charge in [0.05, 0.1) is 29.9 Å². The monoisotopic (exact) mass is 320 g/mol. The van der Waals surface area contributed by atoms with Gasteiger partial charge in [-0.15, -0.1) is 0 Å². The van der Waals surface area contributed by atoms with Crippen LogP contribution in [0.1, 0.15) is 34.6 Å². The Bertz CT molecular complexity index is 915. The van der Waals surface area contributed by atoms with Crippen molar-refractivity contribution in [1.82, 2.24) is 4.57 Å². The van der Waals surface area contributed by atoms with Crippen LogP contribution in [0.15, 0.2) is 48.8 Å². The highest BCUT2D eigenvalue weighted by atomic mass is 16.2. The minimum atomic E-state index is -0.255. The van der Waals surface area contributed by atoms with Crippen molar-refractivity contribution in [3.63, 3.8) is 0 Å². The van der Waals surface area contributed by atoms with Gasteiger partial charge in [0.1, 0.15) is 0 Å². The molecule has 0 saturated carbocycles. The average molecular weight is 320 g/mol. The molecule has 1 aliphatic rings. The molecule has 0 aliphatic carbocycles. The highest BCUT2D eigenvalue weighted by Gasteiger charge is 2.38. The number of carbonyl (C=O) groups excluding carboxylic acids is 2. The molecule has 1 aromatic heterocycles. The van der Waals surface area contributed by atoms with Crippen molar-refractivity contribution >= 4 is 28.5 Å². The number of carbonyl (C=O) groups is 2. The van der Waals surface area contributed by atoms with Crippen LogP contribution in [0.4, 0.5) is 5.69 Å². The van der Waals surface area contributed by atoms with Crippen molar-refractivity contribution in [2.24, 2.45) is 0 Å². The van der Waals surface area contributed by atoms with Crippen molar-refractivity contribution in [1.29, 1.82) is 0 Å². The smallest absolute Gasteiger partial charge is 0.266 e. The molecule has 0 N–H and O–H groups in total. The van der Waals surface area contributed by atoms with Gasteiger partial charge in [-0.3, -0.25) is 9.59 Å². The normalized spacial score (nSPS) is 13.8. The Kier molecular flexibility index (Phi) is 3.23. The average Bonchev–Trinajstić information content (AvgIpc) is 3.09. The molecule has 2 aromatic carbocycles. The summed E-state index contributed by atoms with van der Waals surface area (Å²) < 4.78 is 4.20. The molecule has 2 amide bonds. The fourth-order valence-corrected chi connectivity index (χ4v) is 3.33. The van der Waals surface area contributed by atoms with Crippen molar-refractivity contribution in [3.8, 4) is 0 Å². The van der Waals surface area contributed by atoms with E-state index in [-0.39, 0.29) is 11.8 Å². The van der Waals surface area contributed by atoms with E-state index >= 15 is 0 Å². The zero-order chi connectivity index (χ0) is 16.8. The fourth-order valence-electron chi connectivity index (χ4n) is 3.33. The van der Waals surface area contributed by atoms with E-state index in [9.17, 15) is 9.59 Å². The number of hydrogen-bond donors (Lipinski definition) is 0. The third-order valence-corrected chi connectivity index (χ3v) is 4.58. The van der Waals surface area contributed by atoms with Crippen molar-refractivity contribution in [2.45, 2.75) is 26.9 Å². The zero-order valence-electron chi connectivity index (χ0n) is 13.7. The summed E-state index contributed by atoms with van der Waals surface area (Å²) in [6.07, 6.45) is 2.03. The van der Waals surface area contributed by atoms with E-state index in [2.05, 4.69) is 23.0 Å². The number of para-hydroxylation sites is 1. The van der Waals surface area contributed by atoms with Crippen LogP contribution < -0.4 is 9.47 Å². The van der Waals surface area contributed by atoms with Gasteiger partial charge in [-0.05, 0) is 26.0 Å². The first-order chi connectivity index (χ1) is 11.7. The van der Waals surface area contributed by atoms with Crippen LogP contribution in [0.3, 0.4) is 0 Å². The number of fused-ring (bicyclic) bond motifs is 2. The maximum Gasteiger partial charge on any atom is 0.266 e. The second-order valence-electron chi connectivity index (χ2n) is 5.86. The molecule has 0 atom stereocenters. The van der Waals surface area contributed by atoms with Gasteiger partial charge < -0.3 is 0 Å². The molecule has 0 unspecified atom stereocenters. The second kappa shape index (κ2) is 5.30. The number of aryl methyl sites for hydroxylation is 2. The molecule has 24 heavy (non-hydrogen) atoms. The predicted octanol–water partition coefficient (Wildman–Crippen LogP) is 2.77. The summed E-state index contributed by atoms with van der Waals surface area (Å²) in [5.41, 5.74) is 3.53. The van der Waals surface area contributed by atoms with E-state index in [0.29, 0.717) is 16.8 Å². The lowest BCUT2D eigenvalue weighted by Gasteiger charge is -2.13. The molecule has 0 bridgehead atoms. The van der Waals surface area contributed by atoms with Gasteiger partial charge in [-0.1, -0.05) is 18.2 Å². The number of rotatable bonds is 3. The topological polar surface area (TPSA) is 46.2 Å². The van der Waals surface area contributed by atoms with E-state index in [1.807, 2.05) is 36.7 Å². The van der Waals surface area contributed by atoms with Gasteiger partial charge in [-0.2, -0.15) is 0 Å². The molecule has 5 nitrogen and oxygen atoms in total. The lowest BCUT2D eigenvalue weighted by molar-refractivity contribution is -0.668. The Morgan fingerprint density at radius 1 is 0.958 bits per heavy atom. The highest BCUT2D eigenvalue weighted by Crippen LogP contribution is 2.30. The summed E-state index contributed by atoms with van der Waals surface area (Å²) in [7, 11) is 0. The van der Waals surface area contributed by atoms with Gasteiger partial charge in [0.25, 0.3) is 11.8 Å². The van der Waals surface area contributed by atoms with Gasteiger partial charge in [0, 0.05) is 12.1 Å². The largest absolute Gasteiger partial charge is 0.268 e. The van der Waals surface area contributed by atoms with E-state index in [4.69, 9.17) is 0 Å². The number of nitrogens with zero attached hydrogens (tertiary/aromatic N) is 3. The number of aromatic nitrogens is 2. The number of anilines is 1. The van der Waals surface area contributed by atoms with Crippen molar-refractivity contribution in [2.75, 3.05) is 4.90 Å². The maximum absolute atomic E-state index is 12.8. The first-order valence-electron chi connectivity index (χ1n) is 8.15. The minimum Gasteiger partial charge on any atom is -0.268 e. The third kappa shape index (κ3) is 1.91. The minimum absolute atomic E-state index is 0.255. The molecular formula is C19H18N3O2+. The summed E-state index contributed by atoms with van der Waals surface area (Å²) in [5.74, 6) is -0.509. The lowest BCUT2D eigenvalue weighted by Crippen LogP contribution is -2.30. The third-order valence-electron chi connectivity index (χ3n) is 4.58. The highest BCUT2D eigenvalue weighted by molar-refractivity contribution is 6.35. The molecule has 3 aromatic rings. The van der Waals surface area contributed by atoms with Crippen LogP contribution in [-0.4, -0.2) is 16.4 Å². The Morgan fingerprint density at radius 2 is 1.62 bits per heavy atom. The lowest BCUT2D eigenvalue weighted by atomic mass is 10.1. The summed E-state index contributed by atoms with van der Waals surface area (Å²) in [6, 6.07) is 12.8. The SMILES string of the molecule is CCn1c[n+](CC)c2cc3c(cc21)C(=O)N(c1ccccc1)C3=O. The number of imidazole rings is 1. The Labute approximate surface area is 139 Å². The molecule has 0 saturated heterocycles. The molecule has 4 rings (SSSR count). The molecule has 0 radical (unpaired) electrons. The molecule has 0 spiro atoms. The number of amides is 2. The van der Waals surface area contributed by atoms with Gasteiger partial charge in [-0.25, -0.2) is 14.0 Å². The predicted molar refractivity (Wildman–Crippen MR) is 91.1 cm³/mol. The molecule has 1 aliphatic heterocycles. The zero-order valence-corrected chi connectivity index (χ0v) is 13.7. The molecular weight excluding hydrogens is 302 g/mol. The molecule has 120 valence electrons. The van der Waals surface area contributed by atoms with Gasteiger partial charge in [0.15, 0.2) is 11.0 Å². The Hall–Kier alpha value is -2.95. The van der Waals surface area contributed by atoms with Crippen LogP contribution in [0.2, 0.25) is 0 Å². The van der Waals surface area contributed by atoms with Crippen LogP contribution in [0, 0.1) is 0 Å². The van der Waals surface area contributed by atoms with Crippen LogP contribution in [0.5, 0.6) is 0 Å². The second-order valence-corrected chi connectivity index (χ2v) is 5.86. The van der Waals surface area contributed by atoms with E-state index in [1.165, 1.54) is 4.90 Å². The number of imide groups is 1. The summed E-state index contributed by atoms with van der Waals surface area (Å²) in [5, 5.41) is 0. The summed E-state index contributed by atoms with van der Waals surface area (Å²) in [6.45, 7) is 5.76. The quantitative estimate of drug-likeness (QED) is 0.550. The van der Waals surface area contributed by atoms with Crippen molar-refractivity contribution < 1.29 is 14.2 Å². The first-order valence-corrected chi connectivity index (χ1v) is 8.15. The Balaban J connectivity index is 1.92. The van der Waals surface area contributed by atoms with Crippen LogP contribution in [-0.2, 0) is 13.1 Å². The number of benzene rings is 2. The summed E-state index contributed by atoms with van der Waals surface area (Å²) in [4.78, 5) is 26.9. The molecule has 5 heteroatoms. The number of hydrogen-bond acceptors (Lipinski definition) is 2. The van der Waals surface area contributed by atoms with E-state index in [0.717, 1.165) is 24.1 Å². The van der Waals surface area contributed by atoms with Crippen molar-refractivity contribution in [3.05, 3.63) is 59.9 Å². The first kappa shape index (κ1) is 14.6. The Morgan fingerprint density at radius 3 is 2.25 bits per heavy atom. The standard InChI is InChI=1S/C19H18N3O2/c1-3-20-12-21(4-2)17-11-15-14(10-16(17)20)18(23)22(19(15)24)13-8-6-5-7-9-13/h5-12H,3-4H2,1-2H3/q+1. The van der Waals surface area contributed by atoms with Crippen LogP contribution in [0.25, 0.3) is 11.0 Å². The van der Waals surface area contributed by atoms with Gasteiger partial charge in [0.2, 0.25) is 6.33 Å². The van der Waals surface area contributed by atoms with E-state index in [1.54, 1.807) is 12.1 Å². The molecule has 0 fully saturated rings. The van der Waals surface area contributed by atoms with E-state index < -0.39 is 0 Å². The fraction of sp³-hybridized carbons (Fsp3) is 0.211.